The predicted octanol–water partition coefficient (Wildman–Crippen LogP) is 2.36. The topological polar surface area (TPSA) is 67.6 Å². The Morgan fingerprint density at radius 1 is 1.57 bits per heavy atom. The van der Waals surface area contributed by atoms with Crippen LogP contribution in [0.15, 0.2) is 18.2 Å². The number of carbonyl (C=O) groups excluding carboxylic acids is 1. The molecule has 1 atom stereocenters. The molecule has 0 radical (unpaired) electrons. The molecule has 1 aromatic rings. The van der Waals surface area contributed by atoms with E-state index in [0.29, 0.717) is 35.5 Å². The Morgan fingerprint density at radius 3 is 3.05 bits per heavy atom. The van der Waals surface area contributed by atoms with Gasteiger partial charge in [-0.05, 0) is 38.1 Å². The van der Waals surface area contributed by atoms with Gasteiger partial charge in [0.2, 0.25) is 5.91 Å². The van der Waals surface area contributed by atoms with Gasteiger partial charge in [-0.25, -0.2) is 0 Å². The molecule has 1 aliphatic rings. The lowest BCUT2D eigenvalue weighted by atomic mass is 10.2. The van der Waals surface area contributed by atoms with Crippen LogP contribution >= 0.6 is 11.6 Å². The second-order valence-electron chi connectivity index (χ2n) is 5.43. The maximum absolute atomic E-state index is 11.9. The average Bonchev–Trinajstić information content (AvgIpc) is 2.92. The lowest BCUT2D eigenvalue weighted by molar-refractivity contribution is -0.116. The van der Waals surface area contributed by atoms with Gasteiger partial charge in [0.1, 0.15) is 0 Å². The summed E-state index contributed by atoms with van der Waals surface area (Å²) in [6.07, 6.45) is 2.97. The molecular formula is C15H22ClN3O2. The summed E-state index contributed by atoms with van der Waals surface area (Å²) in [6, 6.07) is 5.05. The number of nitrogens with zero attached hydrogens (tertiary/aromatic N) is 1. The fourth-order valence-electron chi connectivity index (χ4n) is 2.37. The van der Waals surface area contributed by atoms with Crippen molar-refractivity contribution in [2.45, 2.75) is 25.4 Å². The van der Waals surface area contributed by atoms with Crippen molar-refractivity contribution in [2.24, 2.45) is 0 Å². The number of ether oxygens (including phenoxy) is 1. The quantitative estimate of drug-likeness (QED) is 0.791. The minimum Gasteiger partial charge on any atom is -0.399 e. The SMILES string of the molecule is CN(CCC(=O)Nc1ccc(N)cc1Cl)CC1CCCO1. The van der Waals surface area contributed by atoms with Gasteiger partial charge in [0, 0.05) is 31.8 Å². The number of anilines is 2. The molecule has 0 saturated carbocycles. The number of amides is 1. The lowest BCUT2D eigenvalue weighted by Crippen LogP contribution is -2.31. The fourth-order valence-corrected chi connectivity index (χ4v) is 2.60. The minimum atomic E-state index is -0.0548. The fraction of sp³-hybridized carbons (Fsp3) is 0.533. The molecule has 21 heavy (non-hydrogen) atoms. The number of nitrogens with one attached hydrogen (secondary N) is 1. The van der Waals surface area contributed by atoms with Crippen LogP contribution in [-0.2, 0) is 9.53 Å². The van der Waals surface area contributed by atoms with Gasteiger partial charge in [-0.2, -0.15) is 0 Å². The third-order valence-electron chi connectivity index (χ3n) is 3.53. The highest BCUT2D eigenvalue weighted by Crippen LogP contribution is 2.24. The van der Waals surface area contributed by atoms with Gasteiger partial charge in [-0.15, -0.1) is 0 Å². The molecule has 0 bridgehead atoms. The Kier molecular flexibility index (Phi) is 5.85. The first-order chi connectivity index (χ1) is 10.0. The Labute approximate surface area is 130 Å². The van der Waals surface area contributed by atoms with Crippen LogP contribution in [-0.4, -0.2) is 43.7 Å². The molecule has 5 nitrogen and oxygen atoms in total. The molecule has 3 N–H and O–H groups in total. The van der Waals surface area contributed by atoms with E-state index in [2.05, 4.69) is 10.2 Å². The number of nitrogens with two attached hydrogens (primary N) is 1. The molecule has 2 rings (SSSR count). The van der Waals surface area contributed by atoms with Crippen LogP contribution in [0.3, 0.4) is 0 Å². The van der Waals surface area contributed by atoms with Crippen molar-refractivity contribution in [3.63, 3.8) is 0 Å². The monoisotopic (exact) mass is 311 g/mol. The zero-order chi connectivity index (χ0) is 15.2. The van der Waals surface area contributed by atoms with Crippen LogP contribution in [0.5, 0.6) is 0 Å². The highest BCUT2D eigenvalue weighted by atomic mass is 35.5. The third-order valence-corrected chi connectivity index (χ3v) is 3.84. The molecule has 1 fully saturated rings. The summed E-state index contributed by atoms with van der Waals surface area (Å²) in [5.41, 5.74) is 6.79. The summed E-state index contributed by atoms with van der Waals surface area (Å²) in [6.45, 7) is 2.42. The van der Waals surface area contributed by atoms with E-state index >= 15 is 0 Å². The van der Waals surface area contributed by atoms with E-state index < -0.39 is 0 Å². The maximum Gasteiger partial charge on any atom is 0.225 e. The van der Waals surface area contributed by atoms with Crippen LogP contribution in [0.4, 0.5) is 11.4 Å². The number of likely N-dealkylation sites (N-methyl/N-ethyl adjacent to an activating group) is 1. The van der Waals surface area contributed by atoms with E-state index in [1.165, 1.54) is 0 Å². The van der Waals surface area contributed by atoms with Crippen molar-refractivity contribution in [3.8, 4) is 0 Å². The Hall–Kier alpha value is -1.30. The molecular weight excluding hydrogens is 290 g/mol. The Morgan fingerprint density at radius 2 is 2.38 bits per heavy atom. The standard InChI is InChI=1S/C15H22ClN3O2/c1-19(10-12-3-2-8-21-12)7-6-15(20)18-14-5-4-11(17)9-13(14)16/h4-5,9,12H,2-3,6-8,10,17H2,1H3,(H,18,20). The zero-order valence-electron chi connectivity index (χ0n) is 12.3. The smallest absolute Gasteiger partial charge is 0.225 e. The number of hydrogen-bond acceptors (Lipinski definition) is 4. The van der Waals surface area contributed by atoms with E-state index in [0.717, 1.165) is 26.0 Å². The summed E-state index contributed by atoms with van der Waals surface area (Å²) in [7, 11) is 2.01. The number of hydrogen-bond donors (Lipinski definition) is 2. The number of nitrogen functional groups attached to an aromatic ring is 1. The van der Waals surface area contributed by atoms with Crippen LogP contribution in [0, 0.1) is 0 Å². The molecule has 116 valence electrons. The average molecular weight is 312 g/mol. The second-order valence-corrected chi connectivity index (χ2v) is 5.84. The zero-order valence-corrected chi connectivity index (χ0v) is 13.0. The summed E-state index contributed by atoms with van der Waals surface area (Å²) >= 11 is 6.03. The minimum absolute atomic E-state index is 0.0548. The van der Waals surface area contributed by atoms with Gasteiger partial charge in [0.05, 0.1) is 16.8 Å². The molecule has 1 aromatic carbocycles. The van der Waals surface area contributed by atoms with Crippen molar-refractivity contribution >= 4 is 28.9 Å². The van der Waals surface area contributed by atoms with E-state index in [9.17, 15) is 4.79 Å². The van der Waals surface area contributed by atoms with Gasteiger partial charge < -0.3 is 20.7 Å². The van der Waals surface area contributed by atoms with Gasteiger partial charge in [0.15, 0.2) is 0 Å². The predicted molar refractivity (Wildman–Crippen MR) is 85.6 cm³/mol. The summed E-state index contributed by atoms with van der Waals surface area (Å²) in [5.74, 6) is -0.0548. The van der Waals surface area contributed by atoms with E-state index in [-0.39, 0.29) is 5.91 Å². The van der Waals surface area contributed by atoms with Gasteiger partial charge >= 0.3 is 0 Å². The molecule has 1 amide bonds. The number of halogens is 1. The molecule has 1 heterocycles. The van der Waals surface area contributed by atoms with E-state index in [1.54, 1.807) is 18.2 Å². The van der Waals surface area contributed by atoms with Crippen LogP contribution in [0.25, 0.3) is 0 Å². The molecule has 0 aliphatic carbocycles. The highest BCUT2D eigenvalue weighted by molar-refractivity contribution is 6.34. The van der Waals surface area contributed by atoms with Crippen LogP contribution < -0.4 is 11.1 Å². The van der Waals surface area contributed by atoms with Crippen molar-refractivity contribution in [3.05, 3.63) is 23.2 Å². The number of carbonyl (C=O) groups is 1. The molecule has 6 heteroatoms. The summed E-state index contributed by atoms with van der Waals surface area (Å²) in [4.78, 5) is 14.1. The lowest BCUT2D eigenvalue weighted by Gasteiger charge is -2.20. The summed E-state index contributed by atoms with van der Waals surface area (Å²) < 4.78 is 5.58. The van der Waals surface area contributed by atoms with Gasteiger partial charge in [-0.3, -0.25) is 4.79 Å². The molecule has 0 aromatic heterocycles. The Balaban J connectivity index is 1.73. The largest absolute Gasteiger partial charge is 0.399 e. The van der Waals surface area contributed by atoms with E-state index in [4.69, 9.17) is 22.1 Å². The number of rotatable bonds is 6. The van der Waals surface area contributed by atoms with Gasteiger partial charge in [-0.1, -0.05) is 11.6 Å². The Bertz CT molecular complexity index is 490. The second kappa shape index (κ2) is 7.64. The first kappa shape index (κ1) is 16.1. The van der Waals surface area contributed by atoms with Crippen molar-refractivity contribution < 1.29 is 9.53 Å². The van der Waals surface area contributed by atoms with Crippen molar-refractivity contribution in [1.82, 2.24) is 4.90 Å². The molecule has 1 unspecified atom stereocenters. The van der Waals surface area contributed by atoms with Gasteiger partial charge in [0.25, 0.3) is 0 Å². The van der Waals surface area contributed by atoms with E-state index in [1.807, 2.05) is 7.05 Å². The first-order valence-corrected chi connectivity index (χ1v) is 7.57. The molecule has 1 aliphatic heterocycles. The molecule has 0 spiro atoms. The van der Waals surface area contributed by atoms with Crippen molar-refractivity contribution in [2.75, 3.05) is 37.8 Å². The van der Waals surface area contributed by atoms with Crippen molar-refractivity contribution in [1.29, 1.82) is 0 Å². The maximum atomic E-state index is 11.9. The summed E-state index contributed by atoms with van der Waals surface area (Å²) in [5, 5.41) is 3.26. The highest BCUT2D eigenvalue weighted by Gasteiger charge is 2.17. The first-order valence-electron chi connectivity index (χ1n) is 7.19. The van der Waals surface area contributed by atoms with Crippen LogP contribution in [0.2, 0.25) is 5.02 Å². The normalized spacial score (nSPS) is 18.1. The van der Waals surface area contributed by atoms with Crippen LogP contribution in [0.1, 0.15) is 19.3 Å². The molecule has 1 saturated heterocycles. The third kappa shape index (κ3) is 5.19. The number of benzene rings is 1.